The zero-order valence-corrected chi connectivity index (χ0v) is 14.9. The molecule has 106 valence electrons. The minimum atomic E-state index is -1.67. The van der Waals surface area contributed by atoms with E-state index < -0.39 is 16.6 Å². The Morgan fingerprint density at radius 3 is 1.89 bits per heavy atom. The number of rotatable bonds is 8. The van der Waals surface area contributed by atoms with E-state index in [4.69, 9.17) is 13.6 Å². The van der Waals surface area contributed by atoms with Gasteiger partial charge in [-0.3, -0.25) is 0 Å². The zero-order valence-electron chi connectivity index (χ0n) is 12.9. The maximum Gasteiger partial charge on any atom is 0.268 e. The third-order valence-corrected chi connectivity index (χ3v) is 3.26. The highest BCUT2D eigenvalue weighted by Gasteiger charge is 2.20. The summed E-state index contributed by atoms with van der Waals surface area (Å²) in [6.07, 6.45) is 2.72. The summed E-state index contributed by atoms with van der Waals surface area (Å²) in [7, 11) is -3.30. The Morgan fingerprint density at radius 2 is 1.50 bits per heavy atom. The van der Waals surface area contributed by atoms with Gasteiger partial charge >= 0.3 is 0 Å². The van der Waals surface area contributed by atoms with Gasteiger partial charge in [0, 0.05) is 0 Å². The summed E-state index contributed by atoms with van der Waals surface area (Å²) in [5, 5.41) is 0. The van der Waals surface area contributed by atoms with Crippen molar-refractivity contribution >= 4 is 16.6 Å². The minimum Gasteiger partial charge on any atom is -0.545 e. The van der Waals surface area contributed by atoms with Crippen molar-refractivity contribution in [3.63, 3.8) is 0 Å². The molecule has 0 saturated heterocycles. The monoisotopic (exact) mass is 288 g/mol. The number of allylic oxidation sites excluding steroid dienone is 1. The Hall–Kier alpha value is -0.686. The fourth-order valence-corrected chi connectivity index (χ4v) is 2.73. The van der Waals surface area contributed by atoms with Gasteiger partial charge in [0.25, 0.3) is 5.95 Å². The van der Waals surface area contributed by atoms with E-state index in [1.807, 2.05) is 0 Å². The van der Waals surface area contributed by atoms with E-state index >= 15 is 0 Å². The molecule has 0 aliphatic carbocycles. The van der Waals surface area contributed by atoms with Crippen LogP contribution < -0.4 is 0 Å². The van der Waals surface area contributed by atoms with E-state index in [9.17, 15) is 0 Å². The summed E-state index contributed by atoms with van der Waals surface area (Å²) in [6.45, 7) is 19.4. The normalized spacial score (nSPS) is 13.2. The Kier molecular flexibility index (Phi) is 6.77. The fraction of sp³-hybridized carbons (Fsp3) is 0.692. The van der Waals surface area contributed by atoms with Crippen LogP contribution in [0.4, 0.5) is 0 Å². The number of ether oxygens (including phenoxy) is 1. The molecule has 0 amide bonds. The van der Waals surface area contributed by atoms with Crippen LogP contribution in [0.2, 0.25) is 39.3 Å². The van der Waals surface area contributed by atoms with Crippen LogP contribution in [0.3, 0.4) is 0 Å². The molecule has 3 nitrogen and oxygen atoms in total. The first kappa shape index (κ1) is 17.3. The molecule has 0 atom stereocenters. The summed E-state index contributed by atoms with van der Waals surface area (Å²) < 4.78 is 17.3. The van der Waals surface area contributed by atoms with E-state index in [-0.39, 0.29) is 0 Å². The third-order valence-electron chi connectivity index (χ3n) is 1.57. The van der Waals surface area contributed by atoms with Gasteiger partial charge in [-0.25, -0.2) is 0 Å². The van der Waals surface area contributed by atoms with Crippen LogP contribution in [0.5, 0.6) is 0 Å². The Balaban J connectivity index is 4.67. The van der Waals surface area contributed by atoms with Crippen LogP contribution in [0.1, 0.15) is 13.3 Å². The van der Waals surface area contributed by atoms with E-state index in [2.05, 4.69) is 52.8 Å². The lowest BCUT2D eigenvalue weighted by Gasteiger charge is -2.23. The second kappa shape index (κ2) is 7.04. The topological polar surface area (TPSA) is 27.7 Å². The van der Waals surface area contributed by atoms with Gasteiger partial charge in [-0.1, -0.05) is 13.5 Å². The molecular formula is C13H28O3Si2. The lowest BCUT2D eigenvalue weighted by atomic mass is 10.5. The summed E-state index contributed by atoms with van der Waals surface area (Å²) in [4.78, 5) is 0. The smallest absolute Gasteiger partial charge is 0.268 e. The van der Waals surface area contributed by atoms with Crippen LogP contribution in [0, 0.1) is 0 Å². The predicted molar refractivity (Wildman–Crippen MR) is 82.3 cm³/mol. The molecule has 0 aliphatic heterocycles. The van der Waals surface area contributed by atoms with Gasteiger partial charge in [-0.15, -0.1) is 0 Å². The van der Waals surface area contributed by atoms with Gasteiger partial charge in [-0.2, -0.15) is 0 Å². The molecule has 18 heavy (non-hydrogen) atoms. The molecule has 0 bridgehead atoms. The van der Waals surface area contributed by atoms with Crippen LogP contribution in [-0.2, 0) is 13.6 Å². The van der Waals surface area contributed by atoms with Crippen LogP contribution in [0.15, 0.2) is 24.4 Å². The van der Waals surface area contributed by atoms with Gasteiger partial charge in [0.1, 0.15) is 5.76 Å². The molecule has 0 aliphatic rings. The van der Waals surface area contributed by atoms with Crippen molar-refractivity contribution in [2.24, 2.45) is 0 Å². The first-order valence-electron chi connectivity index (χ1n) is 6.45. The standard InChI is InChI=1S/C13H28O3Si2/c1-9-10-14-13(16-18(6,7)8)11-12(2)15-17(3,4)5/h11H,2,9-10H2,1,3-8H3/b13-11-. The highest BCUT2D eigenvalue weighted by atomic mass is 28.4. The van der Waals surface area contributed by atoms with E-state index in [1.165, 1.54) is 0 Å². The summed E-state index contributed by atoms with van der Waals surface area (Å²) >= 11 is 0. The van der Waals surface area contributed by atoms with Crippen molar-refractivity contribution in [1.82, 2.24) is 0 Å². The second-order valence-electron chi connectivity index (χ2n) is 6.21. The van der Waals surface area contributed by atoms with Crippen LogP contribution >= 0.6 is 0 Å². The molecular weight excluding hydrogens is 260 g/mol. The molecule has 0 heterocycles. The highest BCUT2D eigenvalue weighted by molar-refractivity contribution is 6.70. The maximum atomic E-state index is 5.88. The minimum absolute atomic E-state index is 0.541. The van der Waals surface area contributed by atoms with E-state index in [0.717, 1.165) is 6.42 Å². The Morgan fingerprint density at radius 1 is 1.00 bits per heavy atom. The van der Waals surface area contributed by atoms with Crippen molar-refractivity contribution in [2.75, 3.05) is 6.61 Å². The molecule has 5 heteroatoms. The quantitative estimate of drug-likeness (QED) is 0.375. The summed E-state index contributed by atoms with van der Waals surface area (Å²) in [6, 6.07) is 0. The Labute approximate surface area is 114 Å². The van der Waals surface area contributed by atoms with Gasteiger partial charge < -0.3 is 13.6 Å². The number of hydrogen-bond acceptors (Lipinski definition) is 3. The Bertz CT molecular complexity index is 298. The zero-order chi connectivity index (χ0) is 14.4. The average molecular weight is 289 g/mol. The molecule has 0 saturated carbocycles. The van der Waals surface area contributed by atoms with E-state index in [1.54, 1.807) is 6.08 Å². The molecule has 0 aromatic carbocycles. The second-order valence-corrected chi connectivity index (χ2v) is 15.1. The molecule has 0 N–H and O–H groups in total. The lowest BCUT2D eigenvalue weighted by Crippen LogP contribution is -2.27. The highest BCUT2D eigenvalue weighted by Crippen LogP contribution is 2.16. The van der Waals surface area contributed by atoms with Crippen molar-refractivity contribution in [3.8, 4) is 0 Å². The first-order valence-corrected chi connectivity index (χ1v) is 13.3. The maximum absolute atomic E-state index is 5.88. The molecule has 0 spiro atoms. The van der Waals surface area contributed by atoms with Gasteiger partial charge in [0.15, 0.2) is 0 Å². The van der Waals surface area contributed by atoms with Crippen molar-refractivity contribution < 1.29 is 13.6 Å². The molecule has 0 aromatic heterocycles. The molecule has 0 unspecified atom stereocenters. The summed E-state index contributed by atoms with van der Waals surface area (Å²) in [5.41, 5.74) is 0. The van der Waals surface area contributed by atoms with Crippen molar-refractivity contribution in [3.05, 3.63) is 24.4 Å². The average Bonchev–Trinajstić information content (AvgIpc) is 2.08. The summed E-state index contributed by atoms with van der Waals surface area (Å²) in [5.74, 6) is 1.16. The SMILES string of the molecule is C=C(/C=C(/OCCC)O[Si](C)(C)C)O[Si](C)(C)C. The molecule has 0 radical (unpaired) electrons. The van der Waals surface area contributed by atoms with Crippen molar-refractivity contribution in [2.45, 2.75) is 52.6 Å². The molecule has 0 aromatic rings. The van der Waals surface area contributed by atoms with Gasteiger partial charge in [0.2, 0.25) is 16.6 Å². The lowest BCUT2D eigenvalue weighted by molar-refractivity contribution is 0.102. The fourth-order valence-electron chi connectivity index (χ4n) is 1.16. The van der Waals surface area contributed by atoms with E-state index in [0.29, 0.717) is 18.3 Å². The first-order chi connectivity index (χ1) is 8.03. The third kappa shape index (κ3) is 10.5. The molecule has 0 fully saturated rings. The largest absolute Gasteiger partial charge is 0.545 e. The predicted octanol–water partition coefficient (Wildman–Crippen LogP) is 4.47. The van der Waals surface area contributed by atoms with Crippen LogP contribution in [-0.4, -0.2) is 23.2 Å². The van der Waals surface area contributed by atoms with Crippen LogP contribution in [0.25, 0.3) is 0 Å². The van der Waals surface area contributed by atoms with Crippen molar-refractivity contribution in [1.29, 1.82) is 0 Å². The van der Waals surface area contributed by atoms with Gasteiger partial charge in [-0.05, 0) is 45.7 Å². The number of hydrogen-bond donors (Lipinski definition) is 0. The molecule has 0 rings (SSSR count). The van der Waals surface area contributed by atoms with Gasteiger partial charge in [0.05, 0.1) is 12.7 Å².